The van der Waals surface area contributed by atoms with E-state index in [1.54, 1.807) is 0 Å². The minimum atomic E-state index is 0.300. The first kappa shape index (κ1) is 16.3. The van der Waals surface area contributed by atoms with E-state index >= 15 is 0 Å². The van der Waals surface area contributed by atoms with Crippen LogP contribution in [-0.4, -0.2) is 56.2 Å². The topological polar surface area (TPSA) is 48.1 Å². The summed E-state index contributed by atoms with van der Waals surface area (Å²) >= 11 is 0. The van der Waals surface area contributed by atoms with Crippen LogP contribution in [-0.2, 0) is 0 Å². The van der Waals surface area contributed by atoms with Crippen LogP contribution >= 0.6 is 0 Å². The molecular formula is C20H29BN4. The van der Waals surface area contributed by atoms with E-state index in [9.17, 15) is 0 Å². The molecule has 0 amide bonds. The fourth-order valence-electron chi connectivity index (χ4n) is 5.40. The molecule has 5 heterocycles. The van der Waals surface area contributed by atoms with E-state index in [1.807, 2.05) is 0 Å². The first-order valence-electron chi connectivity index (χ1n) is 10.1. The summed E-state index contributed by atoms with van der Waals surface area (Å²) in [6.45, 7) is 0. The van der Waals surface area contributed by atoms with Crippen molar-refractivity contribution in [3.8, 4) is 0 Å². The van der Waals surface area contributed by atoms with Crippen molar-refractivity contribution in [3.05, 3.63) is 35.9 Å². The molecule has 2 saturated heterocycles. The minimum Gasteiger partial charge on any atom is -0.311 e. The highest BCUT2D eigenvalue weighted by atomic mass is 15.1. The maximum Gasteiger partial charge on any atom is 0.109 e. The number of hydrogen-bond donors (Lipinski definition) is 4. The third-order valence-corrected chi connectivity index (χ3v) is 6.63. The fourth-order valence-corrected chi connectivity index (χ4v) is 5.40. The van der Waals surface area contributed by atoms with Crippen molar-refractivity contribution in [2.24, 2.45) is 0 Å². The molecule has 8 atom stereocenters. The van der Waals surface area contributed by atoms with Gasteiger partial charge in [0.15, 0.2) is 0 Å². The van der Waals surface area contributed by atoms with E-state index in [0.717, 1.165) is 18.3 Å². The number of hydrogen-bond acceptors (Lipinski definition) is 4. The SMILES string of the molecule is [B]C1=CC2CC3C=CC(CC4CCC(CC5C=CC(CC1N2)N5)N4)N3. The lowest BCUT2D eigenvalue weighted by atomic mass is 9.87. The second-order valence-corrected chi connectivity index (χ2v) is 8.60. The van der Waals surface area contributed by atoms with Crippen molar-refractivity contribution in [3.63, 3.8) is 0 Å². The smallest absolute Gasteiger partial charge is 0.109 e. The van der Waals surface area contributed by atoms with E-state index in [-0.39, 0.29) is 0 Å². The van der Waals surface area contributed by atoms with Gasteiger partial charge in [0.1, 0.15) is 7.85 Å². The van der Waals surface area contributed by atoms with Crippen molar-refractivity contribution in [1.82, 2.24) is 21.3 Å². The summed E-state index contributed by atoms with van der Waals surface area (Å²) in [4.78, 5) is 0. The van der Waals surface area contributed by atoms with Crippen LogP contribution in [0.15, 0.2) is 35.9 Å². The van der Waals surface area contributed by atoms with Gasteiger partial charge in [0.2, 0.25) is 0 Å². The minimum absolute atomic E-state index is 0.300. The van der Waals surface area contributed by atoms with Gasteiger partial charge in [0, 0.05) is 48.3 Å². The van der Waals surface area contributed by atoms with Crippen LogP contribution in [0.5, 0.6) is 0 Å². The molecule has 0 spiro atoms. The van der Waals surface area contributed by atoms with Crippen LogP contribution in [0.1, 0.15) is 38.5 Å². The standard InChI is InChI=1S/C20H29BN4/c21-19-10-18-9-16-4-3-14(23-16)7-12-1-2-13(22-12)8-15-5-6-17(24-15)11-20(19)25-18/h3-6,10,12-18,20,22-25H,1-2,7-9,11H2. The molecule has 0 aliphatic carbocycles. The van der Waals surface area contributed by atoms with Crippen LogP contribution in [0.3, 0.4) is 0 Å². The van der Waals surface area contributed by atoms with Crippen molar-refractivity contribution < 1.29 is 0 Å². The number of fused-ring (bicyclic) bond motifs is 8. The molecule has 8 bridgehead atoms. The zero-order valence-corrected chi connectivity index (χ0v) is 14.8. The Labute approximate surface area is 152 Å². The van der Waals surface area contributed by atoms with E-state index in [4.69, 9.17) is 7.85 Å². The lowest BCUT2D eigenvalue weighted by Gasteiger charge is -2.25. The van der Waals surface area contributed by atoms with E-state index in [2.05, 4.69) is 51.6 Å². The Morgan fingerprint density at radius 3 is 1.84 bits per heavy atom. The predicted molar refractivity (Wildman–Crippen MR) is 103 cm³/mol. The Morgan fingerprint density at radius 1 is 0.640 bits per heavy atom. The maximum absolute atomic E-state index is 6.33. The molecule has 5 aliphatic rings. The average Bonchev–Trinajstić information content (AvgIpc) is 3.33. The molecule has 2 fully saturated rings. The molecule has 4 N–H and O–H groups in total. The zero-order valence-electron chi connectivity index (χ0n) is 14.8. The van der Waals surface area contributed by atoms with E-state index < -0.39 is 0 Å². The van der Waals surface area contributed by atoms with Crippen LogP contribution in [0.2, 0.25) is 0 Å². The third kappa shape index (κ3) is 3.52. The van der Waals surface area contributed by atoms with Gasteiger partial charge < -0.3 is 21.3 Å². The molecule has 25 heavy (non-hydrogen) atoms. The van der Waals surface area contributed by atoms with Crippen LogP contribution in [0, 0.1) is 0 Å². The monoisotopic (exact) mass is 336 g/mol. The molecule has 5 heteroatoms. The second-order valence-electron chi connectivity index (χ2n) is 8.60. The summed E-state index contributed by atoms with van der Waals surface area (Å²) in [7, 11) is 6.33. The van der Waals surface area contributed by atoms with Gasteiger partial charge in [-0.1, -0.05) is 30.4 Å². The molecule has 5 rings (SSSR count). The first-order valence-corrected chi connectivity index (χ1v) is 10.1. The summed E-state index contributed by atoms with van der Waals surface area (Å²) in [6, 6.07) is 3.91. The number of nitrogens with one attached hydrogen (secondary N) is 4. The van der Waals surface area contributed by atoms with Gasteiger partial charge in [-0.05, 0) is 38.5 Å². The molecule has 2 radical (unpaired) electrons. The normalized spacial score (nSPS) is 48.9. The molecule has 0 saturated carbocycles. The maximum atomic E-state index is 6.33. The lowest BCUT2D eigenvalue weighted by Crippen LogP contribution is -2.44. The van der Waals surface area contributed by atoms with E-state index in [0.29, 0.717) is 48.3 Å². The number of rotatable bonds is 0. The Morgan fingerprint density at radius 2 is 1.20 bits per heavy atom. The van der Waals surface area contributed by atoms with Crippen LogP contribution in [0.4, 0.5) is 0 Å². The van der Waals surface area contributed by atoms with E-state index in [1.165, 1.54) is 25.7 Å². The summed E-state index contributed by atoms with van der Waals surface area (Å²) in [5.74, 6) is 0. The van der Waals surface area contributed by atoms with Gasteiger partial charge in [0.05, 0.1) is 0 Å². The van der Waals surface area contributed by atoms with Gasteiger partial charge in [0.25, 0.3) is 0 Å². The third-order valence-electron chi connectivity index (χ3n) is 6.63. The van der Waals surface area contributed by atoms with Crippen molar-refractivity contribution in [2.45, 2.75) is 86.9 Å². The van der Waals surface area contributed by atoms with Crippen molar-refractivity contribution in [2.75, 3.05) is 0 Å². The van der Waals surface area contributed by atoms with Gasteiger partial charge in [-0.3, -0.25) is 0 Å². The van der Waals surface area contributed by atoms with Crippen LogP contribution in [0.25, 0.3) is 0 Å². The lowest BCUT2D eigenvalue weighted by molar-refractivity contribution is 0.388. The summed E-state index contributed by atoms with van der Waals surface area (Å²) < 4.78 is 0. The Balaban J connectivity index is 1.32. The fraction of sp³-hybridized carbons (Fsp3) is 0.700. The Kier molecular flexibility index (Phi) is 4.37. The summed E-state index contributed by atoms with van der Waals surface area (Å²) in [5.41, 5.74) is 1.02. The van der Waals surface area contributed by atoms with Crippen molar-refractivity contribution in [1.29, 1.82) is 0 Å². The molecular weight excluding hydrogens is 307 g/mol. The highest BCUT2D eigenvalue weighted by molar-refractivity contribution is 6.22. The molecule has 0 aromatic carbocycles. The van der Waals surface area contributed by atoms with Gasteiger partial charge in [-0.15, -0.1) is 5.47 Å². The molecule has 132 valence electrons. The quantitative estimate of drug-likeness (QED) is 0.392. The van der Waals surface area contributed by atoms with Gasteiger partial charge in [-0.2, -0.15) is 0 Å². The van der Waals surface area contributed by atoms with Crippen LogP contribution < -0.4 is 21.3 Å². The summed E-state index contributed by atoms with van der Waals surface area (Å²) in [5, 5.41) is 15.2. The van der Waals surface area contributed by atoms with Gasteiger partial charge >= 0.3 is 0 Å². The first-order chi connectivity index (χ1) is 12.2. The average molecular weight is 336 g/mol. The van der Waals surface area contributed by atoms with Crippen molar-refractivity contribution >= 4 is 7.85 Å². The largest absolute Gasteiger partial charge is 0.311 e. The zero-order chi connectivity index (χ0) is 16.8. The Bertz CT molecular complexity index is 601. The van der Waals surface area contributed by atoms with Gasteiger partial charge in [-0.25, -0.2) is 0 Å². The highest BCUT2D eigenvalue weighted by Crippen LogP contribution is 2.26. The molecule has 5 aliphatic heterocycles. The Hall–Kier alpha value is -0.875. The highest BCUT2D eigenvalue weighted by Gasteiger charge is 2.33. The molecule has 0 aromatic rings. The predicted octanol–water partition coefficient (Wildman–Crippen LogP) is 0.867. The molecule has 8 unspecified atom stereocenters. The summed E-state index contributed by atoms with van der Waals surface area (Å²) in [6.07, 6.45) is 18.9. The second kappa shape index (κ2) is 6.69. The molecule has 4 nitrogen and oxygen atoms in total. The molecule has 0 aromatic heterocycles.